The molecule has 3 unspecified atom stereocenters. The lowest BCUT2D eigenvalue weighted by Gasteiger charge is -2.16. The molecule has 3 rings (SSSR count). The van der Waals surface area contributed by atoms with Crippen molar-refractivity contribution >= 4 is 5.91 Å². The van der Waals surface area contributed by atoms with E-state index in [9.17, 15) is 36.2 Å². The third-order valence-electron chi connectivity index (χ3n) is 5.33. The fraction of sp³-hybridized carbons (Fsp3) is 0.333. The van der Waals surface area contributed by atoms with Crippen LogP contribution in [-0.2, 0) is 18.0 Å². The summed E-state index contributed by atoms with van der Waals surface area (Å²) in [5.41, 5.74) is -2.39. The Labute approximate surface area is 207 Å². The highest BCUT2D eigenvalue weighted by Gasteiger charge is 2.42. The lowest BCUT2D eigenvalue weighted by Crippen LogP contribution is -2.29. The van der Waals surface area contributed by atoms with E-state index in [1.54, 1.807) is 24.3 Å². The van der Waals surface area contributed by atoms with E-state index < -0.39 is 66.0 Å². The lowest BCUT2D eigenvalue weighted by atomic mass is 10.0. The number of nitrogens with zero attached hydrogens (tertiary/aromatic N) is 2. The minimum Gasteiger partial charge on any atom is -0.473 e. The van der Waals surface area contributed by atoms with E-state index in [2.05, 4.69) is 17.0 Å². The molecule has 1 amide bonds. The van der Waals surface area contributed by atoms with Crippen LogP contribution in [0.4, 0.5) is 26.3 Å². The molecular formula is C24H23F6N3O4. The van der Waals surface area contributed by atoms with Gasteiger partial charge in [-0.3, -0.25) is 4.79 Å². The van der Waals surface area contributed by atoms with Crippen LogP contribution in [0.3, 0.4) is 0 Å². The van der Waals surface area contributed by atoms with E-state index in [-0.39, 0.29) is 0 Å². The van der Waals surface area contributed by atoms with Gasteiger partial charge in [0, 0.05) is 7.05 Å². The van der Waals surface area contributed by atoms with E-state index in [1.165, 1.54) is 6.92 Å². The van der Waals surface area contributed by atoms with Crippen LogP contribution in [0.5, 0.6) is 5.88 Å². The number of aliphatic hydroxyl groups excluding tert-OH is 1. The van der Waals surface area contributed by atoms with Crippen molar-refractivity contribution < 1.29 is 45.7 Å². The number of hydrogen-bond donors (Lipinski definition) is 2. The van der Waals surface area contributed by atoms with Crippen molar-refractivity contribution in [1.82, 2.24) is 15.1 Å². The molecule has 200 valence electrons. The summed E-state index contributed by atoms with van der Waals surface area (Å²) in [5.74, 6) is -1.84. The Hall–Kier alpha value is -3.58. The molecule has 0 aliphatic carbocycles. The average molecular weight is 531 g/mol. The van der Waals surface area contributed by atoms with Gasteiger partial charge in [-0.1, -0.05) is 49.1 Å². The van der Waals surface area contributed by atoms with Gasteiger partial charge < -0.3 is 19.9 Å². The van der Waals surface area contributed by atoms with Crippen LogP contribution in [0.15, 0.2) is 60.7 Å². The van der Waals surface area contributed by atoms with Gasteiger partial charge in [-0.25, -0.2) is 4.68 Å². The second-order valence-corrected chi connectivity index (χ2v) is 8.02. The molecule has 1 aliphatic rings. The second kappa shape index (κ2) is 10.8. The van der Waals surface area contributed by atoms with E-state index in [0.29, 0.717) is 21.9 Å². The molecule has 0 bridgehead atoms. The summed E-state index contributed by atoms with van der Waals surface area (Å²) in [5, 5.41) is 15.1. The minimum atomic E-state index is -5.04. The smallest absolute Gasteiger partial charge is 0.436 e. The number of alkyl halides is 6. The first kappa shape index (κ1) is 28.0. The average Bonchev–Trinajstić information content (AvgIpc) is 3.44. The van der Waals surface area contributed by atoms with E-state index in [0.717, 1.165) is 25.3 Å². The number of halogens is 6. The van der Waals surface area contributed by atoms with Gasteiger partial charge in [-0.2, -0.15) is 31.4 Å². The number of allylic oxidation sites excluding steroid dienone is 4. The van der Waals surface area contributed by atoms with Gasteiger partial charge in [-0.05, 0) is 24.1 Å². The Kier molecular flexibility index (Phi) is 8.18. The van der Waals surface area contributed by atoms with Gasteiger partial charge in [-0.15, -0.1) is 0 Å². The van der Waals surface area contributed by atoms with Gasteiger partial charge in [0.15, 0.2) is 12.0 Å². The first-order valence-electron chi connectivity index (χ1n) is 10.8. The van der Waals surface area contributed by atoms with Crippen LogP contribution in [0.1, 0.15) is 46.2 Å². The number of benzene rings is 1. The summed E-state index contributed by atoms with van der Waals surface area (Å²) in [6.07, 6.45) is -7.64. The molecule has 37 heavy (non-hydrogen) atoms. The van der Waals surface area contributed by atoms with Crippen LogP contribution >= 0.6 is 0 Å². The third-order valence-corrected chi connectivity index (χ3v) is 5.33. The number of aromatic nitrogens is 2. The Morgan fingerprint density at radius 1 is 1.27 bits per heavy atom. The molecule has 1 saturated heterocycles. The molecule has 1 aliphatic heterocycles. The number of aliphatic hydroxyl groups is 1. The first-order chi connectivity index (χ1) is 17.2. The zero-order valence-corrected chi connectivity index (χ0v) is 19.6. The van der Waals surface area contributed by atoms with Crippen LogP contribution in [-0.4, -0.2) is 39.9 Å². The highest BCUT2D eigenvalue weighted by atomic mass is 19.4. The van der Waals surface area contributed by atoms with Crippen molar-refractivity contribution in [3.8, 4) is 5.88 Å². The van der Waals surface area contributed by atoms with Gasteiger partial charge >= 0.3 is 12.4 Å². The van der Waals surface area contributed by atoms with Gasteiger partial charge in [0.05, 0.1) is 11.6 Å². The molecule has 13 heteroatoms. The summed E-state index contributed by atoms with van der Waals surface area (Å²) < 4.78 is 91.2. The zero-order chi connectivity index (χ0) is 27.5. The second-order valence-electron chi connectivity index (χ2n) is 8.02. The van der Waals surface area contributed by atoms with Crippen molar-refractivity contribution in [3.05, 3.63) is 83.1 Å². The summed E-state index contributed by atoms with van der Waals surface area (Å²) in [7, 11) is 1.07. The minimum absolute atomic E-state index is 0.456. The topological polar surface area (TPSA) is 88.9 Å². The Morgan fingerprint density at radius 2 is 1.89 bits per heavy atom. The molecule has 1 fully saturated rings. The zero-order valence-electron chi connectivity index (χ0n) is 19.6. The van der Waals surface area contributed by atoms with Crippen LogP contribution < -0.4 is 10.1 Å². The summed E-state index contributed by atoms with van der Waals surface area (Å²) >= 11 is 0. The number of carbonyl (C=O) groups excluding carboxylic acids is 1. The molecule has 2 aromatic rings. The highest BCUT2D eigenvalue weighted by molar-refractivity contribution is 5.98. The van der Waals surface area contributed by atoms with Crippen LogP contribution in [0, 0.1) is 0 Å². The largest absolute Gasteiger partial charge is 0.473 e. The number of hydrogen-bond acceptors (Lipinski definition) is 5. The molecule has 7 nitrogen and oxygen atoms in total. The fourth-order valence-corrected chi connectivity index (χ4v) is 3.41. The first-order valence-corrected chi connectivity index (χ1v) is 10.8. The van der Waals surface area contributed by atoms with Crippen molar-refractivity contribution in [2.45, 2.75) is 37.7 Å². The monoisotopic (exact) mass is 531 g/mol. The number of aryl methyl sites for hydroxylation is 1. The molecule has 1 aromatic heterocycles. The number of ether oxygens (including phenoxy) is 2. The van der Waals surface area contributed by atoms with E-state index in [1.807, 2.05) is 0 Å². The normalized spacial score (nSPS) is 19.1. The Morgan fingerprint density at radius 3 is 2.41 bits per heavy atom. The van der Waals surface area contributed by atoms with Crippen molar-refractivity contribution in [2.24, 2.45) is 7.05 Å². The molecule has 2 heterocycles. The summed E-state index contributed by atoms with van der Waals surface area (Å²) in [6.45, 7) is 4.02. The quantitative estimate of drug-likeness (QED) is 0.272. The summed E-state index contributed by atoms with van der Waals surface area (Å²) in [4.78, 5) is 12.9. The fourth-order valence-electron chi connectivity index (χ4n) is 3.41. The molecule has 3 atom stereocenters. The highest BCUT2D eigenvalue weighted by Crippen LogP contribution is 2.38. The van der Waals surface area contributed by atoms with Crippen molar-refractivity contribution in [2.75, 3.05) is 6.61 Å². The number of nitrogens with one attached hydrogen (secondary N) is 1. The van der Waals surface area contributed by atoms with Gasteiger partial charge in [0.25, 0.3) is 5.91 Å². The standard InChI is InChI=1S/C24H23F6N3O4/c1-4-5-6-16(23(25,26)27)11-12-36-21-17(19(24(28,29)30)32-33(21)3)20(34)31-13(2)14-7-9-15(10-8-14)18-22(35)37-18/h4-11,13,18,22,35H,1,12H2,2-3H3,(H,31,34). The molecule has 1 aromatic carbocycles. The van der Waals surface area contributed by atoms with Crippen molar-refractivity contribution in [3.63, 3.8) is 0 Å². The maximum absolute atomic E-state index is 13.6. The third kappa shape index (κ3) is 6.80. The van der Waals surface area contributed by atoms with E-state index in [4.69, 9.17) is 9.47 Å². The molecular weight excluding hydrogens is 508 g/mol. The maximum Gasteiger partial charge on any atom is 0.436 e. The summed E-state index contributed by atoms with van der Waals surface area (Å²) in [6, 6.07) is 5.75. The van der Waals surface area contributed by atoms with Crippen LogP contribution in [0.25, 0.3) is 0 Å². The number of amides is 1. The number of carbonyl (C=O) groups is 1. The van der Waals surface area contributed by atoms with Crippen LogP contribution in [0.2, 0.25) is 0 Å². The van der Waals surface area contributed by atoms with E-state index >= 15 is 0 Å². The number of rotatable bonds is 9. The van der Waals surface area contributed by atoms with Gasteiger partial charge in [0.1, 0.15) is 18.3 Å². The maximum atomic E-state index is 13.6. The Bertz CT molecular complexity index is 1200. The van der Waals surface area contributed by atoms with Gasteiger partial charge in [0.2, 0.25) is 5.88 Å². The predicted octanol–water partition coefficient (Wildman–Crippen LogP) is 4.93. The molecule has 0 spiro atoms. The lowest BCUT2D eigenvalue weighted by molar-refractivity contribution is -0.141. The van der Waals surface area contributed by atoms with Crippen molar-refractivity contribution in [1.29, 1.82) is 0 Å². The predicted molar refractivity (Wildman–Crippen MR) is 119 cm³/mol. The molecule has 2 N–H and O–H groups in total. The SMILES string of the molecule is C=CC=CC(=CCOc1c(C(=O)NC(C)c2ccc(C3OC3O)cc2)c(C(F)(F)F)nn1C)C(F)(F)F. The molecule has 0 saturated carbocycles. The Balaban J connectivity index is 1.84. The molecule has 0 radical (unpaired) electrons. The number of epoxide rings is 1.